The highest BCUT2D eigenvalue weighted by molar-refractivity contribution is 7.80. The highest BCUT2D eigenvalue weighted by Crippen LogP contribution is 2.16. The minimum absolute atomic E-state index is 0.261. The Balaban J connectivity index is 2.73. The van der Waals surface area contributed by atoms with E-state index in [1.807, 2.05) is 0 Å². The predicted octanol–water partition coefficient (Wildman–Crippen LogP) is -0.0999. The SMILES string of the molecule is NC1=CC(=S)CC=C1C(=O)C[C@H](N)C(=O)O. The molecule has 0 saturated heterocycles. The third-order valence-electron chi connectivity index (χ3n) is 2.16. The number of Topliss-reactive ketones (excluding diaryl/α,β-unsaturated/α-hetero) is 1. The monoisotopic (exact) mass is 240 g/mol. The number of allylic oxidation sites excluding steroid dienone is 3. The molecule has 5 N–H and O–H groups in total. The first-order chi connectivity index (χ1) is 7.41. The Morgan fingerprint density at radius 3 is 2.69 bits per heavy atom. The van der Waals surface area contributed by atoms with Gasteiger partial charge in [-0.05, 0) is 6.08 Å². The summed E-state index contributed by atoms with van der Waals surface area (Å²) in [7, 11) is 0. The highest BCUT2D eigenvalue weighted by atomic mass is 32.1. The Kier molecular flexibility index (Phi) is 3.92. The number of nitrogens with two attached hydrogens (primary N) is 2. The standard InChI is InChI=1S/C10H12N2O3S/c11-7-3-5(16)1-2-6(7)9(13)4-8(12)10(14)15/h2-3,8H,1,4,11-12H2,(H,14,15)/t8-/m0/s1. The third-order valence-corrected chi connectivity index (χ3v) is 2.44. The van der Waals surface area contributed by atoms with Gasteiger partial charge in [0.1, 0.15) is 6.04 Å². The van der Waals surface area contributed by atoms with Crippen LogP contribution in [0.2, 0.25) is 0 Å². The van der Waals surface area contributed by atoms with Crippen molar-refractivity contribution in [3.8, 4) is 0 Å². The summed E-state index contributed by atoms with van der Waals surface area (Å²) in [5.74, 6) is -1.58. The van der Waals surface area contributed by atoms with Gasteiger partial charge in [0.2, 0.25) is 0 Å². The number of thiocarbonyl (C=S) groups is 1. The van der Waals surface area contributed by atoms with E-state index in [0.29, 0.717) is 16.9 Å². The molecule has 0 aromatic heterocycles. The molecular weight excluding hydrogens is 228 g/mol. The van der Waals surface area contributed by atoms with Gasteiger partial charge in [-0.15, -0.1) is 0 Å². The van der Waals surface area contributed by atoms with Gasteiger partial charge in [0.05, 0.1) is 0 Å². The number of hydrogen-bond donors (Lipinski definition) is 3. The van der Waals surface area contributed by atoms with Crippen LogP contribution >= 0.6 is 12.2 Å². The highest BCUT2D eigenvalue weighted by Gasteiger charge is 2.21. The maximum Gasteiger partial charge on any atom is 0.320 e. The van der Waals surface area contributed by atoms with Crippen LogP contribution < -0.4 is 11.5 Å². The number of carboxylic acid groups (broad SMARTS) is 1. The lowest BCUT2D eigenvalue weighted by atomic mass is 9.96. The van der Waals surface area contributed by atoms with Gasteiger partial charge >= 0.3 is 5.97 Å². The summed E-state index contributed by atoms with van der Waals surface area (Å²) in [6.07, 6.45) is 3.35. The predicted molar refractivity (Wildman–Crippen MR) is 62.8 cm³/mol. The minimum atomic E-state index is -1.21. The van der Waals surface area contributed by atoms with Gasteiger partial charge in [0.25, 0.3) is 0 Å². The van der Waals surface area contributed by atoms with Crippen molar-refractivity contribution in [2.24, 2.45) is 11.5 Å². The van der Waals surface area contributed by atoms with E-state index in [1.165, 1.54) is 6.08 Å². The fourth-order valence-electron chi connectivity index (χ4n) is 1.30. The molecule has 0 aromatic carbocycles. The van der Waals surface area contributed by atoms with Crippen molar-refractivity contribution in [3.63, 3.8) is 0 Å². The van der Waals surface area contributed by atoms with Crippen molar-refractivity contribution in [1.29, 1.82) is 0 Å². The molecule has 1 rings (SSSR count). The lowest BCUT2D eigenvalue weighted by molar-refractivity contribution is -0.139. The lowest BCUT2D eigenvalue weighted by Gasteiger charge is -2.13. The van der Waals surface area contributed by atoms with Crippen LogP contribution in [-0.4, -0.2) is 27.8 Å². The van der Waals surface area contributed by atoms with Crippen LogP contribution in [0.15, 0.2) is 23.4 Å². The molecule has 0 spiro atoms. The average Bonchev–Trinajstić information content (AvgIpc) is 2.16. The summed E-state index contributed by atoms with van der Waals surface area (Å²) in [5, 5.41) is 8.57. The second kappa shape index (κ2) is 5.00. The van der Waals surface area contributed by atoms with Gasteiger partial charge in [-0.3, -0.25) is 9.59 Å². The number of carbonyl (C=O) groups excluding carboxylic acids is 1. The largest absolute Gasteiger partial charge is 0.480 e. The molecule has 0 aromatic rings. The van der Waals surface area contributed by atoms with Crippen molar-refractivity contribution in [3.05, 3.63) is 23.4 Å². The second-order valence-corrected chi connectivity index (χ2v) is 3.98. The van der Waals surface area contributed by atoms with Crippen LogP contribution in [-0.2, 0) is 9.59 Å². The summed E-state index contributed by atoms with van der Waals surface area (Å²) in [5.41, 5.74) is 11.5. The Morgan fingerprint density at radius 1 is 1.56 bits per heavy atom. The molecule has 0 saturated carbocycles. The zero-order chi connectivity index (χ0) is 12.3. The van der Waals surface area contributed by atoms with Crippen LogP contribution in [0, 0.1) is 0 Å². The summed E-state index contributed by atoms with van der Waals surface area (Å²) in [4.78, 5) is 22.8. The van der Waals surface area contributed by atoms with E-state index in [2.05, 4.69) is 0 Å². The molecule has 0 bridgehead atoms. The first-order valence-electron chi connectivity index (χ1n) is 4.64. The Bertz CT molecular complexity index is 412. The Hall–Kier alpha value is -1.53. The van der Waals surface area contributed by atoms with Crippen LogP contribution in [0.3, 0.4) is 0 Å². The van der Waals surface area contributed by atoms with Crippen LogP contribution in [0.4, 0.5) is 0 Å². The van der Waals surface area contributed by atoms with Gasteiger partial charge < -0.3 is 16.6 Å². The van der Waals surface area contributed by atoms with Crippen molar-refractivity contribution in [1.82, 2.24) is 0 Å². The zero-order valence-corrected chi connectivity index (χ0v) is 9.29. The minimum Gasteiger partial charge on any atom is -0.480 e. The van der Waals surface area contributed by atoms with Crippen molar-refractivity contribution in [2.45, 2.75) is 18.9 Å². The maximum absolute atomic E-state index is 11.7. The quantitative estimate of drug-likeness (QED) is 0.592. The summed E-state index contributed by atoms with van der Waals surface area (Å²) in [6, 6.07) is -1.20. The van der Waals surface area contributed by atoms with E-state index in [0.717, 1.165) is 0 Å². The van der Waals surface area contributed by atoms with Crippen LogP contribution in [0.1, 0.15) is 12.8 Å². The number of hydrogen-bond acceptors (Lipinski definition) is 5. The molecule has 0 radical (unpaired) electrons. The molecule has 0 heterocycles. The van der Waals surface area contributed by atoms with Crippen LogP contribution in [0.5, 0.6) is 0 Å². The fourth-order valence-corrected chi connectivity index (χ4v) is 1.51. The van der Waals surface area contributed by atoms with E-state index in [-0.39, 0.29) is 17.9 Å². The van der Waals surface area contributed by atoms with Crippen molar-refractivity contribution < 1.29 is 14.7 Å². The molecule has 6 heteroatoms. The molecule has 0 amide bonds. The number of ketones is 1. The number of rotatable bonds is 4. The molecule has 1 atom stereocenters. The molecule has 1 aliphatic carbocycles. The summed E-state index contributed by atoms with van der Waals surface area (Å²) < 4.78 is 0. The Morgan fingerprint density at radius 2 is 2.19 bits per heavy atom. The number of carbonyl (C=O) groups is 2. The molecule has 16 heavy (non-hydrogen) atoms. The first-order valence-corrected chi connectivity index (χ1v) is 5.04. The summed E-state index contributed by atoms with van der Waals surface area (Å²) >= 11 is 4.92. The number of aliphatic carboxylic acids is 1. The molecule has 1 aliphatic rings. The lowest BCUT2D eigenvalue weighted by Crippen LogP contribution is -2.33. The first kappa shape index (κ1) is 12.5. The zero-order valence-electron chi connectivity index (χ0n) is 8.47. The second-order valence-electron chi connectivity index (χ2n) is 3.46. The number of carboxylic acids is 1. The van der Waals surface area contributed by atoms with Gasteiger partial charge in [-0.2, -0.15) is 0 Å². The smallest absolute Gasteiger partial charge is 0.320 e. The summed E-state index contributed by atoms with van der Waals surface area (Å²) in [6.45, 7) is 0. The topological polar surface area (TPSA) is 106 Å². The van der Waals surface area contributed by atoms with E-state index in [4.69, 9.17) is 28.8 Å². The van der Waals surface area contributed by atoms with Gasteiger partial charge in [0.15, 0.2) is 5.78 Å². The maximum atomic E-state index is 11.7. The van der Waals surface area contributed by atoms with Gasteiger partial charge in [0, 0.05) is 29.0 Å². The van der Waals surface area contributed by atoms with Gasteiger partial charge in [-0.1, -0.05) is 18.3 Å². The molecule has 0 unspecified atom stereocenters. The van der Waals surface area contributed by atoms with E-state index in [1.54, 1.807) is 6.08 Å². The molecular formula is C10H12N2O3S. The molecule has 0 fully saturated rings. The fraction of sp³-hybridized carbons (Fsp3) is 0.300. The molecule has 5 nitrogen and oxygen atoms in total. The van der Waals surface area contributed by atoms with Crippen molar-refractivity contribution >= 4 is 28.8 Å². The van der Waals surface area contributed by atoms with E-state index in [9.17, 15) is 9.59 Å². The van der Waals surface area contributed by atoms with E-state index >= 15 is 0 Å². The molecule has 86 valence electrons. The average molecular weight is 240 g/mol. The Labute approximate surface area is 97.8 Å². The normalized spacial score (nSPS) is 17.4. The molecule has 0 aliphatic heterocycles. The third kappa shape index (κ3) is 2.98. The van der Waals surface area contributed by atoms with Crippen molar-refractivity contribution in [2.75, 3.05) is 0 Å². The van der Waals surface area contributed by atoms with Crippen LogP contribution in [0.25, 0.3) is 0 Å². The van der Waals surface area contributed by atoms with Gasteiger partial charge in [-0.25, -0.2) is 0 Å². The van der Waals surface area contributed by atoms with E-state index < -0.39 is 12.0 Å².